The predicted octanol–water partition coefficient (Wildman–Crippen LogP) is 4.34. The molecule has 0 aliphatic carbocycles. The maximum absolute atomic E-state index is 11.5. The maximum Gasteiger partial charge on any atom is 0.549 e. The molecule has 0 bridgehead atoms. The average molecular weight is 2430 g/mol. The summed E-state index contributed by atoms with van der Waals surface area (Å²) >= 11 is 0. The quantitative estimate of drug-likeness (QED) is 0.206. The molecule has 7 heterocycles. The minimum absolute atomic E-state index is 0.387. The molecule has 0 aromatic rings. The second-order valence-electron chi connectivity index (χ2n) is 32.6. The van der Waals surface area contributed by atoms with E-state index in [9.17, 15) is 52.7 Å². The van der Waals surface area contributed by atoms with Gasteiger partial charge in [-0.15, -0.1) is 0 Å². The van der Waals surface area contributed by atoms with Gasteiger partial charge in [-0.1, -0.05) is 27.7 Å². The predicted molar refractivity (Wildman–Crippen MR) is 545 cm³/mol. The Labute approximate surface area is 838 Å². The standard InChI is InChI=1S/2C12H28O8Si4.3C8H20O8Si4.C6H18O6Si4.C4H16O4Si4/c1-9-21(5)17-23(7,15-11(3)13)19-22(6,10-2)20-24(8,18-21)16-12(4)14;1-9-21(5)17-22(6,10-2)19-24(8,16-12(4)14)20-23(7,18-21)15-11(3)13;2*1-7(9)11-19(5)13-17(3)15-20(6,12-8(2)10)16-18(4)14-19;1-7(9)11-19(5)14-17(3)13-18(4)15-20(6,16-19)12-8(2)10;1-6(7)8-16(5)11-14(3)9-13(2)10-15(4)12-16;1-9-5-10(2)7-12(4)8-11(3)6-9/h2*9-10H2,1-8H3;3*17-18H,1-6H3;13-15H,1-5H3;9-12H,1-4H3. The zero-order valence-electron chi connectivity index (χ0n) is 86.7. The first kappa shape index (κ1) is 133. The van der Waals surface area contributed by atoms with E-state index in [1.54, 1.807) is 111 Å². The molecule has 7 saturated heterocycles. The van der Waals surface area contributed by atoms with E-state index in [-0.39, 0.29) is 5.97 Å². The maximum atomic E-state index is 11.5. The third-order valence-corrected chi connectivity index (χ3v) is 116. The normalized spacial score (nSPS) is 40.0. The van der Waals surface area contributed by atoms with Crippen LogP contribution in [-0.2, 0) is 217 Å². The Bertz CT molecular complexity index is 3550. The highest BCUT2D eigenvalue weighted by Crippen LogP contribution is 2.38. The highest BCUT2D eigenvalue weighted by molar-refractivity contribution is 6.94. The van der Waals surface area contributed by atoms with Crippen molar-refractivity contribution in [1.29, 1.82) is 0 Å². The number of carbonyl (C=O) groups excluding carboxylic acids is 11. The Hall–Kier alpha value is -0.877. The second-order valence-corrected chi connectivity index (χ2v) is 107. The fraction of sp³-hybridized carbons (Fsp3) is 0.810. The molecule has 136 heavy (non-hydrogen) atoms. The van der Waals surface area contributed by atoms with Crippen LogP contribution in [0.2, 0.25) is 207 Å². The molecule has 7 aliphatic rings. The Kier molecular flexibility index (Phi) is 55.8. The van der Waals surface area contributed by atoms with E-state index < -0.39 is 311 Å². The summed E-state index contributed by atoms with van der Waals surface area (Å²) in [6, 6.07) is 2.44. The monoisotopic (exact) mass is 2430 g/mol. The number of hydrogen-bond acceptors (Lipinski definition) is 50. The van der Waals surface area contributed by atoms with Gasteiger partial charge >= 0.3 is 205 Å². The first-order valence-corrected chi connectivity index (χ1v) is 106. The van der Waals surface area contributed by atoms with Gasteiger partial charge < -0.3 is 164 Å². The Morgan fingerprint density at radius 1 is 0.162 bits per heavy atom. The number of hydrogen-bond donors (Lipinski definition) is 0. The van der Waals surface area contributed by atoms with Crippen LogP contribution in [0.1, 0.15) is 104 Å². The van der Waals surface area contributed by atoms with Crippen LogP contribution in [0, 0.1) is 0 Å². The highest BCUT2D eigenvalue weighted by Gasteiger charge is 2.65. The van der Waals surface area contributed by atoms with Gasteiger partial charge in [0.05, 0.1) is 0 Å². The smallest absolute Gasteiger partial charge is 0.475 e. The van der Waals surface area contributed by atoms with Crippen molar-refractivity contribution in [3.8, 4) is 0 Å². The van der Waals surface area contributed by atoms with Crippen LogP contribution in [0.4, 0.5) is 0 Å². The Morgan fingerprint density at radius 2 is 0.272 bits per heavy atom. The van der Waals surface area contributed by atoms with Gasteiger partial charge in [0.15, 0.2) is 0 Å². The Morgan fingerprint density at radius 3 is 0.434 bits per heavy atom. The van der Waals surface area contributed by atoms with Crippen molar-refractivity contribution in [3.05, 3.63) is 0 Å². The van der Waals surface area contributed by atoms with Gasteiger partial charge in [-0.05, 0) is 135 Å². The van der Waals surface area contributed by atoms with Gasteiger partial charge in [-0.25, -0.2) is 0 Å². The summed E-state index contributed by atoms with van der Waals surface area (Å²) in [4.78, 5) is 124. The minimum Gasteiger partial charge on any atom is -0.475 e. The van der Waals surface area contributed by atoms with Crippen molar-refractivity contribution in [2.24, 2.45) is 0 Å². The molecule has 0 amide bonds. The Balaban J connectivity index is 0.000000800. The van der Waals surface area contributed by atoms with E-state index in [0.717, 1.165) is 0 Å². The minimum atomic E-state index is -3.45. The van der Waals surface area contributed by atoms with Crippen molar-refractivity contribution < 1.29 is 217 Å². The average Bonchev–Trinajstić information content (AvgIpc) is 0.767. The van der Waals surface area contributed by atoms with E-state index in [1.165, 1.54) is 76.2 Å². The molecule has 794 valence electrons. The van der Waals surface area contributed by atoms with Crippen LogP contribution < -0.4 is 0 Å². The molecular weight excluding hydrogens is 2280 g/mol. The molecule has 10 atom stereocenters. The van der Waals surface area contributed by atoms with Crippen LogP contribution in [0.25, 0.3) is 0 Å². The van der Waals surface area contributed by atoms with Crippen LogP contribution in [-0.4, -0.2) is 317 Å². The molecule has 7 aliphatic heterocycles. The van der Waals surface area contributed by atoms with Gasteiger partial charge in [0.2, 0.25) is 0 Å². The zero-order valence-corrected chi connectivity index (χ0v) is 117. The number of carbonyl (C=O) groups is 11. The molecule has 0 spiro atoms. The van der Waals surface area contributed by atoms with Crippen molar-refractivity contribution in [2.75, 3.05) is 0 Å². The van der Waals surface area contributed by atoms with Gasteiger partial charge in [-0.3, -0.25) is 52.7 Å². The van der Waals surface area contributed by atoms with E-state index in [1.807, 2.05) is 99.7 Å². The summed E-state index contributed by atoms with van der Waals surface area (Å²) in [7, 11) is -70.3. The molecule has 50 nitrogen and oxygen atoms in total. The summed E-state index contributed by atoms with van der Waals surface area (Å²) in [6.07, 6.45) is 0. The fourth-order valence-electron chi connectivity index (χ4n) is 13.7. The second kappa shape index (κ2) is 57.0. The van der Waals surface area contributed by atoms with E-state index in [2.05, 4.69) is 0 Å². The van der Waals surface area contributed by atoms with Crippen molar-refractivity contribution >= 4 is 317 Å². The molecule has 0 radical (unpaired) electrons. The topological polar surface area (TPSA) is 548 Å². The lowest BCUT2D eigenvalue weighted by molar-refractivity contribution is -0.139. The van der Waals surface area contributed by atoms with Gasteiger partial charge in [-0.2, -0.15) is 0 Å². The lowest BCUT2D eigenvalue weighted by atomic mass is 10.9. The fourth-order valence-corrected chi connectivity index (χ4v) is 119. The molecule has 78 heteroatoms. The molecule has 10 unspecified atom stereocenters. The van der Waals surface area contributed by atoms with Crippen LogP contribution in [0.3, 0.4) is 0 Å². The van der Waals surface area contributed by atoms with Gasteiger partial charge in [0.25, 0.3) is 112 Å². The first-order chi connectivity index (χ1) is 61.6. The van der Waals surface area contributed by atoms with E-state index in [4.69, 9.17) is 164 Å². The first-order valence-electron chi connectivity index (χ1n) is 43.7. The SMILES string of the molecule is CC(=O)O[Si]1(C)O[SiH](C)O[SiH](C)O[SiH](C)O1.CC(=O)O[Si]1(C)O[SiH](C)O[SiH](C)O[Si](C)(OC(C)=O)O1.CC(=O)O[Si]1(C)O[SiH](C)O[Si](C)(OC(C)=O)O[SiH](C)O1.CC(=O)O[Si]1(C)O[SiH](C)O[Si](C)(OC(C)=O)O[SiH](C)O1.CC[Si]1(C)O[Si](C)(CC)O[Si](C)(OC(C)=O)O[Si](C)(OC(C)=O)O1.CC[Si]1(C)O[Si](C)(OC(C)=O)O[Si](C)(CC)O[Si](C)(OC(C)=O)O1.C[SiH]1O[SiH](C)O[SiH](C)O[SiH](C)O1. The largest absolute Gasteiger partial charge is 0.549 e. The zero-order chi connectivity index (χ0) is 106. The lowest BCUT2D eigenvalue weighted by Crippen LogP contribution is -2.69. The molecule has 7 fully saturated rings. The van der Waals surface area contributed by atoms with Crippen LogP contribution in [0.5, 0.6) is 0 Å². The molecule has 7 rings (SSSR count). The van der Waals surface area contributed by atoms with Crippen molar-refractivity contribution in [2.45, 2.75) is 311 Å². The van der Waals surface area contributed by atoms with Crippen LogP contribution >= 0.6 is 0 Å². The molecule has 0 aromatic carbocycles. The molecular formula is C58H150O50Si28. The summed E-state index contributed by atoms with van der Waals surface area (Å²) < 4.78 is 221. The van der Waals surface area contributed by atoms with Crippen molar-refractivity contribution in [1.82, 2.24) is 0 Å². The summed E-state index contributed by atoms with van der Waals surface area (Å²) in [5, 5.41) is 0. The van der Waals surface area contributed by atoms with Gasteiger partial charge in [0, 0.05) is 148 Å². The van der Waals surface area contributed by atoms with Gasteiger partial charge in [0.1, 0.15) is 0 Å². The summed E-state index contributed by atoms with van der Waals surface area (Å²) in [6.45, 7) is 71.9. The van der Waals surface area contributed by atoms with E-state index in [0.29, 0.717) is 24.2 Å². The summed E-state index contributed by atoms with van der Waals surface area (Å²) in [5.41, 5.74) is 0. The third kappa shape index (κ3) is 53.6. The lowest BCUT2D eigenvalue weighted by Gasteiger charge is -2.47. The van der Waals surface area contributed by atoms with Crippen LogP contribution in [0.15, 0.2) is 0 Å². The third-order valence-electron chi connectivity index (χ3n) is 17.0. The summed E-state index contributed by atoms with van der Waals surface area (Å²) in [5.74, 6) is -5.29. The van der Waals surface area contributed by atoms with Crippen molar-refractivity contribution in [3.63, 3.8) is 0 Å². The van der Waals surface area contributed by atoms with E-state index >= 15 is 0 Å². The number of rotatable bonds is 15. The highest BCUT2D eigenvalue weighted by atomic mass is 28.6. The molecule has 0 N–H and O–H groups in total. The molecule has 0 saturated carbocycles. The molecule has 0 aromatic heterocycles.